The van der Waals surface area contributed by atoms with Crippen LogP contribution in [0, 0.1) is 5.92 Å². The highest BCUT2D eigenvalue weighted by atomic mass is 32.2. The Bertz CT molecular complexity index is 352. The van der Waals surface area contributed by atoms with Crippen LogP contribution in [0.4, 0.5) is 0 Å². The van der Waals surface area contributed by atoms with Crippen molar-refractivity contribution in [2.75, 3.05) is 5.75 Å². The van der Waals surface area contributed by atoms with E-state index in [0.29, 0.717) is 0 Å². The average Bonchev–Trinajstić information content (AvgIpc) is 2.20. The first-order chi connectivity index (χ1) is 8.60. The van der Waals surface area contributed by atoms with Gasteiger partial charge >= 0.3 is 0 Å². The minimum absolute atomic E-state index is 0.0167. The molecule has 110 valence electrons. The van der Waals surface area contributed by atoms with Gasteiger partial charge in [0.05, 0.1) is 17.4 Å². The van der Waals surface area contributed by atoms with Crippen LogP contribution in [0.25, 0.3) is 0 Å². The molecule has 3 nitrogen and oxygen atoms in total. The highest BCUT2D eigenvalue weighted by Gasteiger charge is 2.47. The summed E-state index contributed by atoms with van der Waals surface area (Å²) < 4.78 is 6.33. The number of thioether (sulfide) groups is 1. The minimum atomic E-state index is -1.81. The molecule has 1 aliphatic heterocycles. The Morgan fingerprint density at radius 1 is 1.53 bits per heavy atom. The molecule has 0 aromatic heterocycles. The summed E-state index contributed by atoms with van der Waals surface area (Å²) in [7, 11) is -1.81. The van der Waals surface area contributed by atoms with Crippen molar-refractivity contribution in [1.82, 2.24) is 5.32 Å². The number of carbonyl (C=O) groups excluding carboxylic acids is 1. The van der Waals surface area contributed by atoms with E-state index in [1.807, 2.05) is 13.0 Å². The molecule has 0 radical (unpaired) electrons. The highest BCUT2D eigenvalue weighted by Crippen LogP contribution is 2.39. The minimum Gasteiger partial charge on any atom is -0.413 e. The fourth-order valence-corrected chi connectivity index (χ4v) is 4.38. The molecule has 1 aliphatic rings. The number of β-lactam (4-membered cyclic amide) rings is 1. The number of hydrogen-bond acceptors (Lipinski definition) is 3. The summed E-state index contributed by atoms with van der Waals surface area (Å²) in [5, 5.41) is 3.29. The van der Waals surface area contributed by atoms with Crippen molar-refractivity contribution in [3.63, 3.8) is 0 Å². The Kier molecular flexibility index (Phi) is 5.32. The molecule has 0 aromatic rings. The zero-order valence-electron chi connectivity index (χ0n) is 12.9. The van der Waals surface area contributed by atoms with E-state index in [-0.39, 0.29) is 28.3 Å². The molecular formula is C14H27NO2SSi. The summed E-state index contributed by atoms with van der Waals surface area (Å²) in [4.78, 5) is 11.8. The van der Waals surface area contributed by atoms with Crippen LogP contribution in [0.3, 0.4) is 0 Å². The van der Waals surface area contributed by atoms with Crippen LogP contribution in [-0.4, -0.2) is 31.5 Å². The van der Waals surface area contributed by atoms with Gasteiger partial charge in [0, 0.05) is 5.75 Å². The smallest absolute Gasteiger partial charge is 0.229 e. The molecule has 3 atom stereocenters. The summed E-state index contributed by atoms with van der Waals surface area (Å²) >= 11 is 1.72. The van der Waals surface area contributed by atoms with E-state index < -0.39 is 8.32 Å². The first kappa shape index (κ1) is 16.8. The van der Waals surface area contributed by atoms with Crippen LogP contribution >= 0.6 is 11.8 Å². The molecule has 1 rings (SSSR count). The van der Waals surface area contributed by atoms with Crippen LogP contribution in [0.2, 0.25) is 18.1 Å². The van der Waals surface area contributed by atoms with Gasteiger partial charge in [0.25, 0.3) is 0 Å². The lowest BCUT2D eigenvalue weighted by molar-refractivity contribution is -0.136. The number of nitrogens with one attached hydrogen (secondary N) is 1. The van der Waals surface area contributed by atoms with Gasteiger partial charge in [-0.3, -0.25) is 4.79 Å². The molecule has 0 bridgehead atoms. The summed E-state index contributed by atoms with van der Waals surface area (Å²) in [5.74, 6) is 0.945. The molecule has 0 aromatic carbocycles. The van der Waals surface area contributed by atoms with E-state index >= 15 is 0 Å². The second kappa shape index (κ2) is 6.02. The fourth-order valence-electron chi connectivity index (χ4n) is 1.86. The molecule has 1 heterocycles. The molecule has 1 N–H and O–H groups in total. The van der Waals surface area contributed by atoms with Gasteiger partial charge in [-0.2, -0.15) is 0 Å². The van der Waals surface area contributed by atoms with Crippen LogP contribution in [-0.2, 0) is 9.22 Å². The summed E-state index contributed by atoms with van der Waals surface area (Å²) in [6.07, 6.45) is 1.85. The maximum atomic E-state index is 11.8. The standard InChI is InChI=1S/C14H27NO2SSi/c1-8-9-18-13-11(12(16)15-13)10(2)17-19(6,7)14(3,4)5/h8,10-11,13H,1,9H2,2-7H3,(H,15,16)/t10-,11+,13-/m1/s1. The van der Waals surface area contributed by atoms with E-state index in [1.54, 1.807) is 11.8 Å². The van der Waals surface area contributed by atoms with Gasteiger partial charge in [-0.15, -0.1) is 18.3 Å². The molecule has 19 heavy (non-hydrogen) atoms. The molecule has 0 spiro atoms. The Morgan fingerprint density at radius 3 is 2.53 bits per heavy atom. The summed E-state index contributed by atoms with van der Waals surface area (Å²) in [6.45, 7) is 16.9. The highest BCUT2D eigenvalue weighted by molar-refractivity contribution is 8.00. The molecule has 0 unspecified atom stereocenters. The third-order valence-corrected chi connectivity index (χ3v) is 9.87. The Hall–Kier alpha value is -0.263. The fraction of sp³-hybridized carbons (Fsp3) is 0.786. The van der Waals surface area contributed by atoms with Crippen molar-refractivity contribution in [1.29, 1.82) is 0 Å². The number of hydrogen-bond donors (Lipinski definition) is 1. The number of rotatable bonds is 6. The zero-order chi connectivity index (χ0) is 14.8. The van der Waals surface area contributed by atoms with Gasteiger partial charge in [0.15, 0.2) is 8.32 Å². The molecule has 1 fully saturated rings. The molecule has 1 saturated heterocycles. The van der Waals surface area contributed by atoms with Gasteiger partial charge in [-0.1, -0.05) is 26.8 Å². The first-order valence-corrected chi connectivity index (χ1v) is 10.8. The number of carbonyl (C=O) groups is 1. The third-order valence-electron chi connectivity index (χ3n) is 4.10. The Morgan fingerprint density at radius 2 is 2.11 bits per heavy atom. The molecule has 5 heteroatoms. The van der Waals surface area contributed by atoms with E-state index in [2.05, 4.69) is 45.8 Å². The van der Waals surface area contributed by atoms with E-state index in [9.17, 15) is 4.79 Å². The van der Waals surface area contributed by atoms with Gasteiger partial charge in [0.1, 0.15) is 0 Å². The van der Waals surface area contributed by atoms with Gasteiger partial charge < -0.3 is 9.74 Å². The Labute approximate surface area is 122 Å². The van der Waals surface area contributed by atoms with Crippen molar-refractivity contribution < 1.29 is 9.22 Å². The lowest BCUT2D eigenvalue weighted by Crippen LogP contribution is -2.62. The van der Waals surface area contributed by atoms with Crippen LogP contribution < -0.4 is 5.32 Å². The van der Waals surface area contributed by atoms with Crippen LogP contribution in [0.1, 0.15) is 27.7 Å². The predicted octanol–water partition coefficient (Wildman–Crippen LogP) is 3.39. The van der Waals surface area contributed by atoms with E-state index in [0.717, 1.165) is 5.75 Å². The predicted molar refractivity (Wildman–Crippen MR) is 85.8 cm³/mol. The lowest BCUT2D eigenvalue weighted by Gasteiger charge is -2.45. The lowest BCUT2D eigenvalue weighted by atomic mass is 9.96. The zero-order valence-corrected chi connectivity index (χ0v) is 14.8. The summed E-state index contributed by atoms with van der Waals surface area (Å²) in [6, 6.07) is 0. The average molecular weight is 302 g/mol. The quantitative estimate of drug-likeness (QED) is 0.464. The second-order valence-corrected chi connectivity index (χ2v) is 12.6. The maximum Gasteiger partial charge on any atom is 0.229 e. The maximum absolute atomic E-state index is 11.8. The van der Waals surface area contributed by atoms with E-state index in [4.69, 9.17) is 4.43 Å². The topological polar surface area (TPSA) is 38.3 Å². The SMILES string of the molecule is C=CCS[C@H]1NC(=O)[C@@H]1[C@@H](C)O[Si](C)(C)C(C)(C)C. The Balaban J connectivity index is 2.64. The number of amides is 1. The van der Waals surface area contributed by atoms with Crippen molar-refractivity contribution >= 4 is 26.0 Å². The van der Waals surface area contributed by atoms with Crippen molar-refractivity contribution in [2.45, 2.75) is 57.3 Å². The van der Waals surface area contributed by atoms with Gasteiger partial charge in [-0.05, 0) is 25.1 Å². The molecule has 0 aliphatic carbocycles. The van der Waals surface area contributed by atoms with Crippen LogP contribution in [0.15, 0.2) is 12.7 Å². The van der Waals surface area contributed by atoms with Gasteiger partial charge in [-0.25, -0.2) is 0 Å². The first-order valence-electron chi connectivity index (χ1n) is 6.81. The normalized spacial score (nSPS) is 25.5. The monoisotopic (exact) mass is 301 g/mol. The van der Waals surface area contributed by atoms with Crippen molar-refractivity contribution in [3.05, 3.63) is 12.7 Å². The second-order valence-electron chi connectivity index (χ2n) is 6.66. The molecule has 0 saturated carbocycles. The molecule has 1 amide bonds. The van der Waals surface area contributed by atoms with E-state index in [1.165, 1.54) is 0 Å². The summed E-state index contributed by atoms with van der Waals surface area (Å²) in [5.41, 5.74) is 0. The van der Waals surface area contributed by atoms with Crippen molar-refractivity contribution in [3.8, 4) is 0 Å². The van der Waals surface area contributed by atoms with Crippen LogP contribution in [0.5, 0.6) is 0 Å². The van der Waals surface area contributed by atoms with Crippen molar-refractivity contribution in [2.24, 2.45) is 5.92 Å². The third kappa shape index (κ3) is 3.86. The molecular weight excluding hydrogens is 274 g/mol. The largest absolute Gasteiger partial charge is 0.413 e. The van der Waals surface area contributed by atoms with Gasteiger partial charge in [0.2, 0.25) is 5.91 Å².